The van der Waals surface area contributed by atoms with Crippen molar-refractivity contribution < 1.29 is 4.79 Å². The van der Waals surface area contributed by atoms with Crippen LogP contribution in [0.2, 0.25) is 0 Å². The van der Waals surface area contributed by atoms with Crippen LogP contribution in [0.4, 0.5) is 0 Å². The molecule has 0 saturated heterocycles. The molecule has 1 N–H and O–H groups in total. The first kappa shape index (κ1) is 14.3. The highest BCUT2D eigenvalue weighted by molar-refractivity contribution is 7.10. The van der Waals surface area contributed by atoms with Gasteiger partial charge in [-0.05, 0) is 44.2 Å². The average Bonchev–Trinajstić information content (AvgIpc) is 2.98. The second-order valence-corrected chi connectivity index (χ2v) is 6.76. The van der Waals surface area contributed by atoms with Crippen LogP contribution in [-0.2, 0) is 4.79 Å². The number of hydrogen-bond acceptors (Lipinski definition) is 3. The summed E-state index contributed by atoms with van der Waals surface area (Å²) in [5, 5.41) is 9.78. The van der Waals surface area contributed by atoms with E-state index in [0.717, 1.165) is 24.2 Å². The van der Waals surface area contributed by atoms with E-state index in [-0.39, 0.29) is 17.9 Å². The molecule has 1 aliphatic carbocycles. The van der Waals surface area contributed by atoms with E-state index < -0.39 is 0 Å². The fraction of sp³-hybridized carbons (Fsp3) is 0.500. The van der Waals surface area contributed by atoms with Crippen molar-refractivity contribution in [1.82, 2.24) is 15.1 Å². The van der Waals surface area contributed by atoms with Crippen molar-refractivity contribution in [2.24, 2.45) is 5.92 Å². The third-order valence-corrected chi connectivity index (χ3v) is 5.13. The fourth-order valence-corrected chi connectivity index (χ4v) is 3.57. The number of rotatable bonds is 5. The zero-order valence-corrected chi connectivity index (χ0v) is 13.3. The maximum atomic E-state index is 12.1. The van der Waals surface area contributed by atoms with Crippen LogP contribution in [0.25, 0.3) is 0 Å². The SMILES string of the molecule is Cc1cc(C)n(C(CNC(=O)C2CCC2)c2cccs2)n1. The van der Waals surface area contributed by atoms with Crippen molar-refractivity contribution in [3.63, 3.8) is 0 Å². The lowest BCUT2D eigenvalue weighted by Crippen LogP contribution is -2.38. The van der Waals surface area contributed by atoms with Crippen LogP contribution in [-0.4, -0.2) is 22.2 Å². The van der Waals surface area contributed by atoms with Gasteiger partial charge in [-0.1, -0.05) is 12.5 Å². The largest absolute Gasteiger partial charge is 0.353 e. The lowest BCUT2D eigenvalue weighted by atomic mass is 9.85. The lowest BCUT2D eigenvalue weighted by molar-refractivity contribution is -0.127. The van der Waals surface area contributed by atoms with E-state index in [4.69, 9.17) is 0 Å². The molecule has 3 rings (SSSR count). The minimum Gasteiger partial charge on any atom is -0.353 e. The lowest BCUT2D eigenvalue weighted by Gasteiger charge is -2.26. The van der Waals surface area contributed by atoms with E-state index in [0.29, 0.717) is 6.54 Å². The highest BCUT2D eigenvalue weighted by Crippen LogP contribution is 2.27. The molecular weight excluding hydrogens is 282 g/mol. The quantitative estimate of drug-likeness (QED) is 0.922. The number of nitrogens with one attached hydrogen (secondary N) is 1. The molecule has 0 spiro atoms. The summed E-state index contributed by atoms with van der Waals surface area (Å²) in [5.74, 6) is 0.429. The minimum absolute atomic E-state index is 0.0859. The van der Waals surface area contributed by atoms with Gasteiger partial charge in [0.05, 0.1) is 5.69 Å². The topological polar surface area (TPSA) is 46.9 Å². The van der Waals surface area contributed by atoms with Gasteiger partial charge in [-0.25, -0.2) is 0 Å². The van der Waals surface area contributed by atoms with Gasteiger partial charge in [-0.15, -0.1) is 11.3 Å². The smallest absolute Gasteiger partial charge is 0.223 e. The normalized spacial score (nSPS) is 16.5. The number of carbonyl (C=O) groups excluding carboxylic acids is 1. The molecule has 0 radical (unpaired) electrons. The number of carbonyl (C=O) groups is 1. The first-order valence-corrected chi connectivity index (χ1v) is 8.37. The molecule has 21 heavy (non-hydrogen) atoms. The van der Waals surface area contributed by atoms with Gasteiger partial charge < -0.3 is 5.32 Å². The molecule has 4 nitrogen and oxygen atoms in total. The molecule has 112 valence electrons. The van der Waals surface area contributed by atoms with Crippen molar-refractivity contribution in [3.8, 4) is 0 Å². The summed E-state index contributed by atoms with van der Waals surface area (Å²) in [5.41, 5.74) is 2.14. The Morgan fingerprint density at radius 3 is 2.86 bits per heavy atom. The van der Waals surface area contributed by atoms with Gasteiger partial charge in [0.2, 0.25) is 5.91 Å². The van der Waals surface area contributed by atoms with Gasteiger partial charge in [-0.2, -0.15) is 5.10 Å². The Morgan fingerprint density at radius 2 is 2.33 bits per heavy atom. The summed E-state index contributed by atoms with van der Waals surface area (Å²) in [6, 6.07) is 6.32. The van der Waals surface area contributed by atoms with Crippen LogP contribution < -0.4 is 5.32 Å². The average molecular weight is 303 g/mol. The molecule has 1 amide bonds. The van der Waals surface area contributed by atoms with Gasteiger partial charge in [0.15, 0.2) is 0 Å². The number of hydrogen-bond donors (Lipinski definition) is 1. The third kappa shape index (κ3) is 3.02. The van der Waals surface area contributed by atoms with Crippen molar-refractivity contribution in [1.29, 1.82) is 0 Å². The molecule has 0 aliphatic heterocycles. The Hall–Kier alpha value is -1.62. The number of aromatic nitrogens is 2. The fourth-order valence-electron chi connectivity index (χ4n) is 2.76. The first-order chi connectivity index (χ1) is 10.1. The van der Waals surface area contributed by atoms with Crippen LogP contribution in [0.3, 0.4) is 0 Å². The molecule has 2 aromatic rings. The number of thiophene rings is 1. The van der Waals surface area contributed by atoms with Crippen molar-refractivity contribution >= 4 is 17.2 Å². The molecule has 0 aromatic carbocycles. The standard InChI is InChI=1S/C16H21N3OS/c1-11-9-12(2)19(18-11)14(15-7-4-8-21-15)10-17-16(20)13-5-3-6-13/h4,7-9,13-14H,3,5-6,10H2,1-2H3,(H,17,20). The van der Waals surface area contributed by atoms with Crippen LogP contribution in [0.1, 0.15) is 41.6 Å². The number of nitrogens with zero attached hydrogens (tertiary/aromatic N) is 2. The van der Waals surface area contributed by atoms with E-state index in [1.165, 1.54) is 11.3 Å². The van der Waals surface area contributed by atoms with E-state index >= 15 is 0 Å². The molecule has 0 bridgehead atoms. The zero-order chi connectivity index (χ0) is 14.8. The third-order valence-electron chi connectivity index (χ3n) is 4.16. The molecule has 1 saturated carbocycles. The Kier molecular flexibility index (Phi) is 4.10. The maximum Gasteiger partial charge on any atom is 0.223 e. The summed E-state index contributed by atoms with van der Waals surface area (Å²) < 4.78 is 2.03. The second-order valence-electron chi connectivity index (χ2n) is 5.78. The Labute approximate surface area is 129 Å². The van der Waals surface area contributed by atoms with E-state index in [9.17, 15) is 4.79 Å². The summed E-state index contributed by atoms with van der Waals surface area (Å²) in [4.78, 5) is 13.3. The number of aryl methyl sites for hydroxylation is 2. The highest BCUT2D eigenvalue weighted by atomic mass is 32.1. The van der Waals surface area contributed by atoms with Crippen molar-refractivity contribution in [2.45, 2.75) is 39.2 Å². The molecule has 2 heterocycles. The Balaban J connectivity index is 1.76. The monoisotopic (exact) mass is 303 g/mol. The predicted molar refractivity (Wildman–Crippen MR) is 84.5 cm³/mol. The molecule has 1 unspecified atom stereocenters. The van der Waals surface area contributed by atoms with Crippen molar-refractivity contribution in [3.05, 3.63) is 39.8 Å². The van der Waals surface area contributed by atoms with Crippen LogP contribution >= 0.6 is 11.3 Å². The van der Waals surface area contributed by atoms with Gasteiger partial charge in [0.25, 0.3) is 0 Å². The molecule has 1 fully saturated rings. The Morgan fingerprint density at radius 1 is 1.52 bits per heavy atom. The highest BCUT2D eigenvalue weighted by Gasteiger charge is 2.26. The van der Waals surface area contributed by atoms with E-state index in [1.54, 1.807) is 11.3 Å². The van der Waals surface area contributed by atoms with Gasteiger partial charge in [-0.3, -0.25) is 9.48 Å². The molecule has 5 heteroatoms. The molecule has 2 aromatic heterocycles. The summed E-state index contributed by atoms with van der Waals surface area (Å²) in [6.07, 6.45) is 3.26. The van der Waals surface area contributed by atoms with Crippen LogP contribution in [0, 0.1) is 19.8 Å². The predicted octanol–water partition coefficient (Wildman–Crippen LogP) is 3.07. The summed E-state index contributed by atoms with van der Waals surface area (Å²) in [6.45, 7) is 4.67. The zero-order valence-electron chi connectivity index (χ0n) is 12.5. The van der Waals surface area contributed by atoms with Gasteiger partial charge in [0, 0.05) is 23.0 Å². The number of amides is 1. The first-order valence-electron chi connectivity index (χ1n) is 7.49. The minimum atomic E-state index is 0.0859. The van der Waals surface area contributed by atoms with E-state index in [2.05, 4.69) is 34.9 Å². The second kappa shape index (κ2) is 6.02. The van der Waals surface area contributed by atoms with Gasteiger partial charge in [0.1, 0.15) is 6.04 Å². The van der Waals surface area contributed by atoms with E-state index in [1.807, 2.05) is 17.7 Å². The molecule has 1 aliphatic rings. The van der Waals surface area contributed by atoms with Crippen molar-refractivity contribution in [2.75, 3.05) is 6.54 Å². The molecule has 1 atom stereocenters. The van der Waals surface area contributed by atoms with Crippen LogP contribution in [0.5, 0.6) is 0 Å². The summed E-state index contributed by atoms with van der Waals surface area (Å²) in [7, 11) is 0. The van der Waals surface area contributed by atoms with Gasteiger partial charge >= 0.3 is 0 Å². The summed E-state index contributed by atoms with van der Waals surface area (Å²) >= 11 is 1.71. The van der Waals surface area contributed by atoms with Crippen LogP contribution in [0.15, 0.2) is 23.6 Å². The molecular formula is C16H21N3OS. The maximum absolute atomic E-state index is 12.1. The Bertz CT molecular complexity index is 614.